The molecule has 25 heavy (non-hydrogen) atoms. The normalized spacial score (nSPS) is 15.0. The number of hydrogen-bond donors (Lipinski definition) is 0. The van der Waals surface area contributed by atoms with E-state index >= 15 is 0 Å². The number of rotatable bonds is 4. The molecule has 1 fully saturated rings. The zero-order chi connectivity index (χ0) is 17.2. The highest BCUT2D eigenvalue weighted by atomic mass is 32.1. The molecule has 4 rings (SSSR count). The van der Waals surface area contributed by atoms with Crippen LogP contribution in [-0.4, -0.2) is 23.1 Å². The zero-order valence-electron chi connectivity index (χ0n) is 15.1. The molecule has 2 aromatic heterocycles. The van der Waals surface area contributed by atoms with Gasteiger partial charge in [0.1, 0.15) is 16.5 Å². The van der Waals surface area contributed by atoms with Crippen LogP contribution in [0.1, 0.15) is 41.1 Å². The number of fused-ring (bicyclic) bond motifs is 1. The van der Waals surface area contributed by atoms with Crippen LogP contribution in [0.5, 0.6) is 0 Å². The highest BCUT2D eigenvalue weighted by Crippen LogP contribution is 2.36. The second-order valence-electron chi connectivity index (χ2n) is 6.96. The summed E-state index contributed by atoms with van der Waals surface area (Å²) in [4.78, 5) is 15.0. The zero-order valence-corrected chi connectivity index (χ0v) is 15.9. The first-order valence-corrected chi connectivity index (χ1v) is 10.1. The Balaban J connectivity index is 1.70. The second-order valence-corrected chi connectivity index (χ2v) is 8.16. The Morgan fingerprint density at radius 2 is 1.72 bits per heavy atom. The van der Waals surface area contributed by atoms with Gasteiger partial charge in [0, 0.05) is 24.4 Å². The van der Waals surface area contributed by atoms with Gasteiger partial charge in [-0.1, -0.05) is 30.3 Å². The van der Waals surface area contributed by atoms with Gasteiger partial charge in [-0.15, -0.1) is 11.3 Å². The molecule has 0 aliphatic carbocycles. The lowest BCUT2D eigenvalue weighted by atomic mass is 10.1. The Morgan fingerprint density at radius 3 is 2.48 bits per heavy atom. The van der Waals surface area contributed by atoms with E-state index in [0.717, 1.165) is 36.6 Å². The fourth-order valence-electron chi connectivity index (χ4n) is 3.62. The number of aryl methyl sites for hydroxylation is 4. The topological polar surface area (TPSA) is 29.0 Å². The minimum Gasteiger partial charge on any atom is -0.356 e. The minimum atomic E-state index is 0.900. The van der Waals surface area contributed by atoms with Gasteiger partial charge in [0.15, 0.2) is 0 Å². The predicted octanol–water partition coefficient (Wildman–Crippen LogP) is 5.08. The van der Waals surface area contributed by atoms with Crippen LogP contribution in [0.4, 0.5) is 5.82 Å². The van der Waals surface area contributed by atoms with Gasteiger partial charge in [-0.2, -0.15) is 0 Å². The fraction of sp³-hybridized carbons (Fsp3) is 0.429. The molecule has 0 atom stereocenters. The van der Waals surface area contributed by atoms with Crippen molar-refractivity contribution in [1.82, 2.24) is 9.97 Å². The molecule has 1 saturated heterocycles. The SMILES string of the molecule is Cc1sc2nc(CCc3ccccc3)nc(N3CCCCC3)c2c1C. The van der Waals surface area contributed by atoms with Crippen molar-refractivity contribution in [3.8, 4) is 0 Å². The summed E-state index contributed by atoms with van der Waals surface area (Å²) in [5.41, 5.74) is 2.71. The van der Waals surface area contributed by atoms with E-state index in [9.17, 15) is 0 Å². The van der Waals surface area contributed by atoms with Crippen molar-refractivity contribution in [3.05, 3.63) is 52.2 Å². The fourth-order valence-corrected chi connectivity index (χ4v) is 4.66. The molecule has 0 unspecified atom stereocenters. The monoisotopic (exact) mass is 351 g/mol. The van der Waals surface area contributed by atoms with Crippen molar-refractivity contribution < 1.29 is 0 Å². The van der Waals surface area contributed by atoms with Crippen LogP contribution in [-0.2, 0) is 12.8 Å². The Labute approximate surface area is 153 Å². The summed E-state index contributed by atoms with van der Waals surface area (Å²) in [5.74, 6) is 2.16. The lowest BCUT2D eigenvalue weighted by Crippen LogP contribution is -2.30. The third-order valence-electron chi connectivity index (χ3n) is 5.19. The van der Waals surface area contributed by atoms with Crippen LogP contribution < -0.4 is 4.90 Å². The van der Waals surface area contributed by atoms with E-state index in [-0.39, 0.29) is 0 Å². The van der Waals surface area contributed by atoms with Crippen molar-refractivity contribution in [3.63, 3.8) is 0 Å². The van der Waals surface area contributed by atoms with E-state index in [0.29, 0.717) is 0 Å². The van der Waals surface area contributed by atoms with Gasteiger partial charge in [0.2, 0.25) is 0 Å². The van der Waals surface area contributed by atoms with Gasteiger partial charge in [-0.25, -0.2) is 9.97 Å². The third kappa shape index (κ3) is 3.40. The maximum atomic E-state index is 5.04. The molecule has 3 nitrogen and oxygen atoms in total. The molecule has 0 saturated carbocycles. The summed E-state index contributed by atoms with van der Waals surface area (Å²) in [6.45, 7) is 6.66. The quantitative estimate of drug-likeness (QED) is 0.656. The van der Waals surface area contributed by atoms with Gasteiger partial charge in [-0.05, 0) is 50.7 Å². The first-order valence-electron chi connectivity index (χ1n) is 9.28. The molecule has 0 N–H and O–H groups in total. The average molecular weight is 352 g/mol. The van der Waals surface area contributed by atoms with Gasteiger partial charge < -0.3 is 4.90 Å². The van der Waals surface area contributed by atoms with Crippen molar-refractivity contribution in [2.45, 2.75) is 46.0 Å². The standard InChI is InChI=1S/C21H25N3S/c1-15-16(2)25-21-19(15)20(24-13-7-4-8-14-24)22-18(23-21)12-11-17-9-5-3-6-10-17/h3,5-6,9-10H,4,7-8,11-14H2,1-2H3. The van der Waals surface area contributed by atoms with Gasteiger partial charge in [-0.3, -0.25) is 0 Å². The Hall–Kier alpha value is -1.94. The molecule has 0 bridgehead atoms. The Bertz CT molecular complexity index is 864. The number of aromatic nitrogens is 2. The number of thiophene rings is 1. The van der Waals surface area contributed by atoms with E-state index in [4.69, 9.17) is 9.97 Å². The first-order chi connectivity index (χ1) is 12.2. The molecule has 0 amide bonds. The molecule has 0 radical (unpaired) electrons. The van der Waals surface area contributed by atoms with Crippen molar-refractivity contribution >= 4 is 27.4 Å². The van der Waals surface area contributed by atoms with E-state index in [2.05, 4.69) is 49.1 Å². The largest absolute Gasteiger partial charge is 0.356 e. The van der Waals surface area contributed by atoms with Crippen molar-refractivity contribution in [2.24, 2.45) is 0 Å². The number of benzene rings is 1. The van der Waals surface area contributed by atoms with Crippen LogP contribution >= 0.6 is 11.3 Å². The summed E-state index contributed by atoms with van der Waals surface area (Å²) in [6, 6.07) is 10.6. The molecule has 3 heterocycles. The van der Waals surface area contributed by atoms with Crippen LogP contribution in [0.3, 0.4) is 0 Å². The van der Waals surface area contributed by atoms with Gasteiger partial charge in [0.05, 0.1) is 5.39 Å². The average Bonchev–Trinajstić information content (AvgIpc) is 2.95. The maximum absolute atomic E-state index is 5.04. The number of piperidine rings is 1. The van der Waals surface area contributed by atoms with Crippen LogP contribution in [0.2, 0.25) is 0 Å². The highest BCUT2D eigenvalue weighted by molar-refractivity contribution is 7.18. The molecule has 0 spiro atoms. The summed E-state index contributed by atoms with van der Waals surface area (Å²) in [6.07, 6.45) is 5.78. The lowest BCUT2D eigenvalue weighted by Gasteiger charge is -2.28. The van der Waals surface area contributed by atoms with E-state index in [1.165, 1.54) is 46.5 Å². The van der Waals surface area contributed by atoms with Crippen molar-refractivity contribution in [1.29, 1.82) is 0 Å². The van der Waals surface area contributed by atoms with Gasteiger partial charge in [0.25, 0.3) is 0 Å². The third-order valence-corrected chi connectivity index (χ3v) is 6.29. The van der Waals surface area contributed by atoms with Gasteiger partial charge >= 0.3 is 0 Å². The number of nitrogens with zero attached hydrogens (tertiary/aromatic N) is 3. The van der Waals surface area contributed by atoms with E-state index in [1.807, 2.05) is 11.3 Å². The highest BCUT2D eigenvalue weighted by Gasteiger charge is 2.20. The van der Waals surface area contributed by atoms with Crippen molar-refractivity contribution in [2.75, 3.05) is 18.0 Å². The molecule has 4 heteroatoms. The summed E-state index contributed by atoms with van der Waals surface area (Å²) < 4.78 is 0. The summed E-state index contributed by atoms with van der Waals surface area (Å²) in [5, 5.41) is 1.29. The molecule has 1 aliphatic heterocycles. The summed E-state index contributed by atoms with van der Waals surface area (Å²) >= 11 is 1.81. The predicted molar refractivity (Wildman–Crippen MR) is 107 cm³/mol. The summed E-state index contributed by atoms with van der Waals surface area (Å²) in [7, 11) is 0. The molecule has 1 aliphatic rings. The molecule has 130 valence electrons. The van der Waals surface area contributed by atoms with E-state index in [1.54, 1.807) is 0 Å². The molecule has 3 aromatic rings. The Kier molecular flexibility index (Phi) is 4.71. The second kappa shape index (κ2) is 7.12. The number of anilines is 1. The van der Waals surface area contributed by atoms with Crippen LogP contribution in [0.15, 0.2) is 30.3 Å². The molecular formula is C21H25N3S. The lowest BCUT2D eigenvalue weighted by molar-refractivity contribution is 0.573. The molecule has 1 aromatic carbocycles. The number of hydrogen-bond acceptors (Lipinski definition) is 4. The molecular weight excluding hydrogens is 326 g/mol. The smallest absolute Gasteiger partial charge is 0.141 e. The maximum Gasteiger partial charge on any atom is 0.141 e. The van der Waals surface area contributed by atoms with Crippen LogP contribution in [0, 0.1) is 13.8 Å². The minimum absolute atomic E-state index is 0.900. The van der Waals surface area contributed by atoms with Crippen LogP contribution in [0.25, 0.3) is 10.2 Å². The first kappa shape index (κ1) is 16.5. The Morgan fingerprint density at radius 1 is 0.960 bits per heavy atom. The van der Waals surface area contributed by atoms with E-state index < -0.39 is 0 Å².